The van der Waals surface area contributed by atoms with Crippen molar-refractivity contribution in [2.45, 2.75) is 19.8 Å². The van der Waals surface area contributed by atoms with Gasteiger partial charge in [-0.05, 0) is 49.7 Å². The van der Waals surface area contributed by atoms with E-state index in [1.165, 1.54) is 4.31 Å². The zero-order chi connectivity index (χ0) is 22.0. The summed E-state index contributed by atoms with van der Waals surface area (Å²) < 4.78 is 36.5. The van der Waals surface area contributed by atoms with Crippen LogP contribution in [-0.2, 0) is 14.8 Å². The van der Waals surface area contributed by atoms with Crippen LogP contribution < -0.4 is 19.1 Å². The molecule has 0 fully saturated rings. The molecule has 2 aromatic rings. The first-order chi connectivity index (χ1) is 14.3. The first kappa shape index (κ1) is 23.8. The van der Waals surface area contributed by atoms with Gasteiger partial charge in [0.05, 0.1) is 30.1 Å². The zero-order valence-corrected chi connectivity index (χ0v) is 18.7. The van der Waals surface area contributed by atoms with E-state index in [0.29, 0.717) is 41.8 Å². The van der Waals surface area contributed by atoms with Crippen LogP contribution >= 0.6 is 11.6 Å². The van der Waals surface area contributed by atoms with Gasteiger partial charge in [-0.15, -0.1) is 0 Å². The summed E-state index contributed by atoms with van der Waals surface area (Å²) in [7, 11) is -3.47. The van der Waals surface area contributed by atoms with Crippen molar-refractivity contribution in [1.82, 2.24) is 5.32 Å². The molecule has 0 radical (unpaired) electrons. The summed E-state index contributed by atoms with van der Waals surface area (Å²) in [6.45, 7) is 3.24. The first-order valence-electron chi connectivity index (χ1n) is 9.66. The van der Waals surface area contributed by atoms with Crippen molar-refractivity contribution < 1.29 is 22.7 Å². The summed E-state index contributed by atoms with van der Waals surface area (Å²) in [5, 5.41) is 3.27. The van der Waals surface area contributed by atoms with Gasteiger partial charge in [0.2, 0.25) is 15.9 Å². The standard InChI is InChI=1S/C21H27ClN2O5S/c1-3-28-18-12-10-17(11-13-18)24(30(2,26)27)15-6-9-21(25)23-14-16-29-20-8-5-4-7-19(20)22/h4-5,7-8,10-13H,3,6,9,14-16H2,1-2H3,(H,23,25). The van der Waals surface area contributed by atoms with Gasteiger partial charge in [-0.3, -0.25) is 9.10 Å². The number of amides is 1. The van der Waals surface area contributed by atoms with Crippen molar-refractivity contribution >= 4 is 33.2 Å². The Kier molecular flexibility index (Phi) is 9.26. The lowest BCUT2D eigenvalue weighted by Crippen LogP contribution is -2.32. The number of carbonyl (C=O) groups excluding carboxylic acids is 1. The minimum Gasteiger partial charge on any atom is -0.494 e. The number of carbonyl (C=O) groups is 1. The van der Waals surface area contributed by atoms with E-state index >= 15 is 0 Å². The number of ether oxygens (including phenoxy) is 2. The molecule has 0 heterocycles. The van der Waals surface area contributed by atoms with Gasteiger partial charge in [0, 0.05) is 13.0 Å². The van der Waals surface area contributed by atoms with E-state index in [2.05, 4.69) is 5.32 Å². The van der Waals surface area contributed by atoms with Gasteiger partial charge in [-0.25, -0.2) is 8.42 Å². The Hall–Kier alpha value is -2.45. The van der Waals surface area contributed by atoms with E-state index in [4.69, 9.17) is 21.1 Å². The monoisotopic (exact) mass is 454 g/mol. The van der Waals surface area contributed by atoms with Gasteiger partial charge in [0.25, 0.3) is 0 Å². The van der Waals surface area contributed by atoms with Crippen LogP contribution in [0.4, 0.5) is 5.69 Å². The molecule has 1 amide bonds. The number of sulfonamides is 1. The Bertz CT molecular complexity index is 919. The van der Waals surface area contributed by atoms with Gasteiger partial charge < -0.3 is 14.8 Å². The largest absolute Gasteiger partial charge is 0.494 e. The van der Waals surface area contributed by atoms with Gasteiger partial charge >= 0.3 is 0 Å². The normalized spacial score (nSPS) is 11.0. The van der Waals surface area contributed by atoms with Crippen LogP contribution in [0.5, 0.6) is 11.5 Å². The van der Waals surface area contributed by atoms with Crippen LogP contribution in [0.25, 0.3) is 0 Å². The van der Waals surface area contributed by atoms with Gasteiger partial charge in [0.1, 0.15) is 18.1 Å². The molecule has 30 heavy (non-hydrogen) atoms. The summed E-state index contributed by atoms with van der Waals surface area (Å²) >= 11 is 6.00. The second-order valence-electron chi connectivity index (χ2n) is 6.49. The maximum atomic E-state index is 12.2. The number of hydrogen-bond donors (Lipinski definition) is 1. The summed E-state index contributed by atoms with van der Waals surface area (Å²) in [6.07, 6.45) is 1.74. The fourth-order valence-electron chi connectivity index (χ4n) is 2.75. The summed E-state index contributed by atoms with van der Waals surface area (Å²) in [5.74, 6) is 1.07. The molecule has 0 bridgehead atoms. The number of rotatable bonds is 12. The Balaban J connectivity index is 1.77. The molecule has 0 aliphatic heterocycles. The topological polar surface area (TPSA) is 84.9 Å². The molecule has 2 rings (SSSR count). The maximum Gasteiger partial charge on any atom is 0.232 e. The third-order valence-electron chi connectivity index (χ3n) is 4.12. The molecule has 2 aromatic carbocycles. The predicted octanol–water partition coefficient (Wildman–Crippen LogP) is 3.48. The lowest BCUT2D eigenvalue weighted by atomic mass is 10.2. The average molecular weight is 455 g/mol. The van der Waals surface area contributed by atoms with Crippen LogP contribution in [0.3, 0.4) is 0 Å². The third-order valence-corrected chi connectivity index (χ3v) is 5.63. The van der Waals surface area contributed by atoms with Crippen molar-refractivity contribution in [3.63, 3.8) is 0 Å². The molecular weight excluding hydrogens is 428 g/mol. The van der Waals surface area contributed by atoms with E-state index in [9.17, 15) is 13.2 Å². The number of benzene rings is 2. The summed E-state index contributed by atoms with van der Waals surface area (Å²) in [5.41, 5.74) is 0.537. The minimum absolute atomic E-state index is 0.169. The van der Waals surface area contributed by atoms with E-state index in [1.807, 2.05) is 19.1 Å². The molecule has 7 nitrogen and oxygen atoms in total. The smallest absolute Gasteiger partial charge is 0.232 e. The van der Waals surface area contributed by atoms with Crippen LogP contribution in [0.1, 0.15) is 19.8 Å². The number of anilines is 1. The molecule has 0 saturated heterocycles. The zero-order valence-electron chi connectivity index (χ0n) is 17.1. The maximum absolute atomic E-state index is 12.2. The molecule has 0 aromatic heterocycles. The second-order valence-corrected chi connectivity index (χ2v) is 8.81. The molecule has 0 aliphatic rings. The predicted molar refractivity (Wildman–Crippen MR) is 119 cm³/mol. The first-order valence-corrected chi connectivity index (χ1v) is 11.9. The number of para-hydroxylation sites is 1. The molecule has 164 valence electrons. The Morgan fingerprint density at radius 1 is 1.10 bits per heavy atom. The molecule has 0 saturated carbocycles. The highest BCUT2D eigenvalue weighted by Crippen LogP contribution is 2.23. The van der Waals surface area contributed by atoms with Crippen LogP contribution in [0.2, 0.25) is 5.02 Å². The van der Waals surface area contributed by atoms with Gasteiger partial charge in [-0.1, -0.05) is 23.7 Å². The van der Waals surface area contributed by atoms with E-state index < -0.39 is 10.0 Å². The fourth-order valence-corrected chi connectivity index (χ4v) is 3.90. The molecule has 0 unspecified atom stereocenters. The molecule has 0 aliphatic carbocycles. The highest BCUT2D eigenvalue weighted by molar-refractivity contribution is 7.92. The van der Waals surface area contributed by atoms with Crippen molar-refractivity contribution in [2.24, 2.45) is 0 Å². The van der Waals surface area contributed by atoms with Gasteiger partial charge in [0.15, 0.2) is 0 Å². The molecule has 0 atom stereocenters. The number of nitrogens with zero attached hydrogens (tertiary/aromatic N) is 1. The lowest BCUT2D eigenvalue weighted by Gasteiger charge is -2.22. The highest BCUT2D eigenvalue weighted by atomic mass is 35.5. The summed E-state index contributed by atoms with van der Waals surface area (Å²) in [6, 6.07) is 13.9. The number of nitrogens with one attached hydrogen (secondary N) is 1. The average Bonchev–Trinajstić information content (AvgIpc) is 2.70. The third kappa shape index (κ3) is 7.76. The molecule has 1 N–H and O–H groups in total. The second kappa shape index (κ2) is 11.7. The SMILES string of the molecule is CCOc1ccc(N(CCCC(=O)NCCOc2ccccc2Cl)S(C)(=O)=O)cc1. The van der Waals surface area contributed by atoms with Gasteiger partial charge in [-0.2, -0.15) is 0 Å². The highest BCUT2D eigenvalue weighted by Gasteiger charge is 2.17. The Labute approximate surface area is 183 Å². The fraction of sp³-hybridized carbons (Fsp3) is 0.381. The Morgan fingerprint density at radius 2 is 1.80 bits per heavy atom. The van der Waals surface area contributed by atoms with Crippen molar-refractivity contribution in [3.05, 3.63) is 53.6 Å². The molecule has 0 spiro atoms. The van der Waals surface area contributed by atoms with Crippen molar-refractivity contribution in [3.8, 4) is 11.5 Å². The van der Waals surface area contributed by atoms with E-state index in [0.717, 1.165) is 6.26 Å². The quantitative estimate of drug-likeness (QED) is 0.496. The number of hydrogen-bond acceptors (Lipinski definition) is 5. The summed E-state index contributed by atoms with van der Waals surface area (Å²) in [4.78, 5) is 12.0. The number of halogens is 1. The Morgan fingerprint density at radius 3 is 2.43 bits per heavy atom. The van der Waals surface area contributed by atoms with Crippen LogP contribution in [-0.4, -0.2) is 46.9 Å². The minimum atomic E-state index is -3.47. The van der Waals surface area contributed by atoms with Crippen LogP contribution in [0.15, 0.2) is 48.5 Å². The van der Waals surface area contributed by atoms with Crippen LogP contribution in [0, 0.1) is 0 Å². The van der Waals surface area contributed by atoms with Crippen molar-refractivity contribution in [2.75, 3.05) is 36.9 Å². The van der Waals surface area contributed by atoms with E-state index in [-0.39, 0.29) is 25.5 Å². The van der Waals surface area contributed by atoms with E-state index in [1.54, 1.807) is 36.4 Å². The molecule has 9 heteroatoms. The molecular formula is C21H27ClN2O5S. The lowest BCUT2D eigenvalue weighted by molar-refractivity contribution is -0.121. The van der Waals surface area contributed by atoms with Crippen molar-refractivity contribution in [1.29, 1.82) is 0 Å².